The smallest absolute Gasteiger partial charge is 0.0780 e. The van der Waals surface area contributed by atoms with Gasteiger partial charge in [-0.2, -0.15) is 0 Å². The molecule has 0 aliphatic carbocycles. The molecule has 0 aromatic carbocycles. The lowest BCUT2D eigenvalue weighted by molar-refractivity contribution is -0.870. The first-order chi connectivity index (χ1) is 20.3. The van der Waals surface area contributed by atoms with E-state index in [1.165, 1.54) is 193 Å². The molecule has 0 heterocycles. The third-order valence-electron chi connectivity index (χ3n) is 8.67. The Morgan fingerprint density at radius 2 is 0.595 bits per heavy atom. The SMILES string of the molecule is CCCCCCCCCCCCCCCCCC(=O)[O-].CCCCCCCCCCCCCCCCCC[N+](C)(C)C. The van der Waals surface area contributed by atoms with Crippen LogP contribution in [0.2, 0.25) is 0 Å². The summed E-state index contributed by atoms with van der Waals surface area (Å²) in [6.45, 7) is 5.90. The standard InChI is InChI=1S/C21H46N.C18H36O2/c1-5-6-7-8-9-10-11-12-13-14-15-16-17-18-19-20-21-22(2,3)4;1-2-3-4-5-6-7-8-9-10-11-12-13-14-15-16-17-18(19)20/h5-21H2,1-4H3;2-17H2,1H3,(H,19,20)/q+1;/p-1. The van der Waals surface area contributed by atoms with Crippen molar-refractivity contribution in [2.45, 2.75) is 219 Å². The van der Waals surface area contributed by atoms with Crippen molar-refractivity contribution in [1.82, 2.24) is 0 Å². The van der Waals surface area contributed by atoms with Crippen molar-refractivity contribution in [2.75, 3.05) is 27.7 Å². The van der Waals surface area contributed by atoms with E-state index in [0.717, 1.165) is 17.3 Å². The normalized spacial score (nSPS) is 11.5. The molecule has 3 heteroatoms. The third kappa shape index (κ3) is 46.4. The molecule has 0 radical (unpaired) electrons. The minimum Gasteiger partial charge on any atom is -0.550 e. The zero-order chi connectivity index (χ0) is 31.4. The van der Waals surface area contributed by atoms with E-state index in [1.54, 1.807) is 0 Å². The molecule has 0 aliphatic rings. The molecule has 42 heavy (non-hydrogen) atoms. The Labute approximate surface area is 267 Å². The zero-order valence-electron chi connectivity index (χ0n) is 30.1. The van der Waals surface area contributed by atoms with E-state index in [9.17, 15) is 9.90 Å². The second-order valence-electron chi connectivity index (χ2n) is 14.4. The van der Waals surface area contributed by atoms with Gasteiger partial charge in [0.25, 0.3) is 0 Å². The first kappa shape index (κ1) is 43.6. The van der Waals surface area contributed by atoms with Crippen molar-refractivity contribution in [1.29, 1.82) is 0 Å². The number of carboxylic acids is 1. The van der Waals surface area contributed by atoms with E-state index in [4.69, 9.17) is 0 Å². The van der Waals surface area contributed by atoms with Crippen molar-refractivity contribution in [3.8, 4) is 0 Å². The number of nitrogens with zero attached hydrogens (tertiary/aromatic N) is 1. The Balaban J connectivity index is 0. The molecule has 0 aromatic heterocycles. The fraction of sp³-hybridized carbons (Fsp3) is 0.974. The van der Waals surface area contributed by atoms with E-state index < -0.39 is 5.97 Å². The highest BCUT2D eigenvalue weighted by Gasteiger charge is 2.05. The maximum Gasteiger partial charge on any atom is 0.0780 e. The first-order valence-corrected chi connectivity index (χ1v) is 19.3. The summed E-state index contributed by atoms with van der Waals surface area (Å²) in [4.78, 5) is 10.2. The van der Waals surface area contributed by atoms with Crippen LogP contribution in [0, 0.1) is 0 Å². The molecular formula is C39H81NO2. The van der Waals surface area contributed by atoms with Crippen LogP contribution < -0.4 is 5.11 Å². The van der Waals surface area contributed by atoms with Crippen LogP contribution in [0.15, 0.2) is 0 Å². The second-order valence-corrected chi connectivity index (χ2v) is 14.4. The number of unbranched alkanes of at least 4 members (excludes halogenated alkanes) is 29. The summed E-state index contributed by atoms with van der Waals surface area (Å²) in [6, 6.07) is 0. The monoisotopic (exact) mass is 596 g/mol. The van der Waals surface area contributed by atoms with Gasteiger partial charge < -0.3 is 14.4 Å². The molecule has 0 aromatic rings. The van der Waals surface area contributed by atoms with E-state index >= 15 is 0 Å². The number of quaternary nitrogens is 1. The lowest BCUT2D eigenvalue weighted by Gasteiger charge is -2.23. The minimum atomic E-state index is -0.903. The number of carbonyl (C=O) groups is 1. The summed E-state index contributed by atoms with van der Waals surface area (Å²) in [7, 11) is 6.89. The predicted molar refractivity (Wildman–Crippen MR) is 187 cm³/mol. The van der Waals surface area contributed by atoms with Gasteiger partial charge in [-0.15, -0.1) is 0 Å². The molecule has 0 saturated heterocycles. The van der Waals surface area contributed by atoms with Crippen LogP contribution >= 0.6 is 0 Å². The Morgan fingerprint density at radius 1 is 0.381 bits per heavy atom. The van der Waals surface area contributed by atoms with Gasteiger partial charge in [0, 0.05) is 5.97 Å². The van der Waals surface area contributed by atoms with Crippen molar-refractivity contribution < 1.29 is 14.4 Å². The van der Waals surface area contributed by atoms with Crippen LogP contribution in [0.1, 0.15) is 219 Å². The number of rotatable bonds is 33. The van der Waals surface area contributed by atoms with E-state index in [1.807, 2.05) is 0 Å². The maximum atomic E-state index is 10.2. The van der Waals surface area contributed by atoms with Crippen LogP contribution in [0.25, 0.3) is 0 Å². The first-order valence-electron chi connectivity index (χ1n) is 19.3. The average molecular weight is 596 g/mol. The van der Waals surface area contributed by atoms with Crippen LogP contribution in [0.3, 0.4) is 0 Å². The third-order valence-corrected chi connectivity index (χ3v) is 8.67. The van der Waals surface area contributed by atoms with Gasteiger partial charge in [-0.1, -0.05) is 194 Å². The Morgan fingerprint density at radius 3 is 0.810 bits per heavy atom. The quantitative estimate of drug-likeness (QED) is 0.0559. The van der Waals surface area contributed by atoms with Crippen molar-refractivity contribution in [3.63, 3.8) is 0 Å². The molecule has 0 bridgehead atoms. The maximum absolute atomic E-state index is 10.2. The van der Waals surface area contributed by atoms with E-state index in [-0.39, 0.29) is 6.42 Å². The molecule has 0 rings (SSSR count). The molecule has 3 nitrogen and oxygen atoms in total. The van der Waals surface area contributed by atoms with Gasteiger partial charge >= 0.3 is 0 Å². The number of hydrogen-bond acceptors (Lipinski definition) is 2. The topological polar surface area (TPSA) is 40.1 Å². The predicted octanol–water partition coefficient (Wildman–Crippen LogP) is 12.0. The lowest BCUT2D eigenvalue weighted by atomic mass is 10.0. The van der Waals surface area contributed by atoms with Gasteiger partial charge in [-0.25, -0.2) is 0 Å². The van der Waals surface area contributed by atoms with Crippen molar-refractivity contribution in [2.24, 2.45) is 0 Å². The molecule has 0 N–H and O–H groups in total. The largest absolute Gasteiger partial charge is 0.550 e. The fourth-order valence-corrected chi connectivity index (χ4v) is 5.77. The summed E-state index contributed by atoms with van der Waals surface area (Å²) in [5.41, 5.74) is 0. The molecule has 0 unspecified atom stereocenters. The molecular weight excluding hydrogens is 514 g/mol. The highest BCUT2D eigenvalue weighted by Crippen LogP contribution is 2.15. The van der Waals surface area contributed by atoms with Gasteiger partial charge in [0.2, 0.25) is 0 Å². The molecule has 0 amide bonds. The molecule has 0 aliphatic heterocycles. The molecule has 0 saturated carbocycles. The van der Waals surface area contributed by atoms with Gasteiger partial charge in [0.15, 0.2) is 0 Å². The summed E-state index contributed by atoms with van der Waals surface area (Å²) in [5, 5.41) is 10.2. The summed E-state index contributed by atoms with van der Waals surface area (Å²) >= 11 is 0. The average Bonchev–Trinajstić information content (AvgIpc) is 2.94. The highest BCUT2D eigenvalue weighted by molar-refractivity contribution is 5.64. The minimum absolute atomic E-state index is 0.234. The van der Waals surface area contributed by atoms with Crippen LogP contribution in [0.4, 0.5) is 0 Å². The second kappa shape index (κ2) is 36.6. The summed E-state index contributed by atoms with van der Waals surface area (Å²) < 4.78 is 1.12. The number of aliphatic carboxylic acids is 1. The Kier molecular flexibility index (Phi) is 38.0. The van der Waals surface area contributed by atoms with Gasteiger partial charge in [-0.3, -0.25) is 0 Å². The Bertz CT molecular complexity index is 499. The van der Waals surface area contributed by atoms with Crippen molar-refractivity contribution >= 4 is 5.97 Å². The van der Waals surface area contributed by atoms with Crippen LogP contribution in [-0.2, 0) is 4.79 Å². The van der Waals surface area contributed by atoms with Crippen molar-refractivity contribution in [3.05, 3.63) is 0 Å². The van der Waals surface area contributed by atoms with Crippen LogP contribution in [0.5, 0.6) is 0 Å². The highest BCUT2D eigenvalue weighted by atomic mass is 16.4. The molecule has 254 valence electrons. The Hall–Kier alpha value is -0.570. The number of carbonyl (C=O) groups excluding carboxylic acids is 1. The number of carboxylic acid groups (broad SMARTS) is 1. The number of hydrogen-bond donors (Lipinski definition) is 0. The molecule has 0 atom stereocenters. The zero-order valence-corrected chi connectivity index (χ0v) is 30.1. The summed E-state index contributed by atoms with van der Waals surface area (Å²) in [6.07, 6.45) is 43.2. The fourth-order valence-electron chi connectivity index (χ4n) is 5.77. The lowest BCUT2D eigenvalue weighted by Crippen LogP contribution is -2.35. The van der Waals surface area contributed by atoms with Gasteiger partial charge in [-0.05, 0) is 25.7 Å². The molecule has 0 spiro atoms. The van der Waals surface area contributed by atoms with E-state index in [0.29, 0.717) is 0 Å². The van der Waals surface area contributed by atoms with Gasteiger partial charge in [0.1, 0.15) is 0 Å². The van der Waals surface area contributed by atoms with Gasteiger partial charge in [0.05, 0.1) is 27.7 Å². The molecule has 0 fully saturated rings. The van der Waals surface area contributed by atoms with E-state index in [2.05, 4.69) is 35.0 Å². The van der Waals surface area contributed by atoms with Crippen LogP contribution in [-0.4, -0.2) is 38.1 Å². The summed E-state index contributed by atoms with van der Waals surface area (Å²) in [5.74, 6) is -0.903.